The summed E-state index contributed by atoms with van der Waals surface area (Å²) in [5.74, 6) is 0.687. The summed E-state index contributed by atoms with van der Waals surface area (Å²) in [6.07, 6.45) is -1.83. The predicted molar refractivity (Wildman–Crippen MR) is 152 cm³/mol. The average molecular weight is 577 g/mol. The van der Waals surface area contributed by atoms with E-state index in [4.69, 9.17) is 35.4 Å². The van der Waals surface area contributed by atoms with E-state index in [0.29, 0.717) is 29.5 Å². The minimum absolute atomic E-state index is 0.0243. The van der Waals surface area contributed by atoms with Crippen LogP contribution in [0.1, 0.15) is 65.7 Å². The summed E-state index contributed by atoms with van der Waals surface area (Å²) in [7, 11) is 0. The van der Waals surface area contributed by atoms with Crippen LogP contribution in [-0.2, 0) is 25.6 Å². The maximum atomic E-state index is 12.7. The number of halogens is 1. The van der Waals surface area contributed by atoms with Crippen LogP contribution in [0, 0.1) is 0 Å². The summed E-state index contributed by atoms with van der Waals surface area (Å²) in [5.41, 5.74) is 0.240. The molecule has 0 aromatic heterocycles. The average Bonchev–Trinajstić information content (AvgIpc) is 2.85. The molecule has 1 heterocycles. The molecule has 2 unspecified atom stereocenters. The third kappa shape index (κ3) is 10.5. The van der Waals surface area contributed by atoms with Crippen LogP contribution in [-0.4, -0.2) is 65.8 Å². The van der Waals surface area contributed by atoms with Crippen molar-refractivity contribution in [2.24, 2.45) is 0 Å². The lowest BCUT2D eigenvalue weighted by atomic mass is 10.1. The first-order chi connectivity index (χ1) is 18.7. The highest BCUT2D eigenvalue weighted by Crippen LogP contribution is 2.26. The van der Waals surface area contributed by atoms with Gasteiger partial charge < -0.3 is 18.9 Å². The Kier molecular flexibility index (Phi) is 10.7. The fourth-order valence-electron chi connectivity index (χ4n) is 3.96. The Labute approximate surface area is 242 Å². The van der Waals surface area contributed by atoms with E-state index in [2.05, 4.69) is 11.8 Å². The molecule has 1 fully saturated rings. The van der Waals surface area contributed by atoms with Crippen molar-refractivity contribution in [3.05, 3.63) is 64.7 Å². The fourth-order valence-corrected chi connectivity index (χ4v) is 4.16. The van der Waals surface area contributed by atoms with Crippen LogP contribution >= 0.6 is 11.6 Å². The molecule has 1 aliphatic rings. The van der Waals surface area contributed by atoms with Crippen LogP contribution in [0.4, 0.5) is 9.59 Å². The Morgan fingerprint density at radius 1 is 1.05 bits per heavy atom. The second-order valence-corrected chi connectivity index (χ2v) is 12.2. The van der Waals surface area contributed by atoms with Crippen molar-refractivity contribution in [3.63, 3.8) is 0 Å². The van der Waals surface area contributed by atoms with E-state index in [9.17, 15) is 9.59 Å². The van der Waals surface area contributed by atoms with Crippen molar-refractivity contribution in [1.82, 2.24) is 9.96 Å². The number of amides is 1. The number of carbonyl (C=O) groups is 2. The van der Waals surface area contributed by atoms with E-state index < -0.39 is 23.5 Å². The topological polar surface area (TPSA) is 86.8 Å². The highest BCUT2D eigenvalue weighted by molar-refractivity contribution is 6.30. The number of hydroxylamine groups is 2. The van der Waals surface area contributed by atoms with E-state index in [1.807, 2.05) is 36.4 Å². The van der Waals surface area contributed by atoms with Gasteiger partial charge in [0.05, 0.1) is 19.3 Å². The molecule has 2 aromatic rings. The van der Waals surface area contributed by atoms with Crippen LogP contribution in [0.2, 0.25) is 5.02 Å². The molecule has 0 bridgehead atoms. The van der Waals surface area contributed by atoms with Gasteiger partial charge in [0.2, 0.25) is 0 Å². The van der Waals surface area contributed by atoms with E-state index in [1.165, 1.54) is 0 Å². The fraction of sp³-hybridized carbons (Fsp3) is 0.533. The van der Waals surface area contributed by atoms with Gasteiger partial charge in [-0.2, -0.15) is 0 Å². The molecule has 2 atom stereocenters. The van der Waals surface area contributed by atoms with Crippen molar-refractivity contribution in [2.75, 3.05) is 26.3 Å². The van der Waals surface area contributed by atoms with Crippen LogP contribution in [0.3, 0.4) is 0 Å². The molecule has 1 saturated heterocycles. The summed E-state index contributed by atoms with van der Waals surface area (Å²) in [4.78, 5) is 32.5. The standard InChI is InChI=1S/C30H41ClN2O7/c1-21(32-15-16-36-26(19-32)23-9-8-10-24(31)17-23)20-37-25-13-11-22(12-14-25)18-33(27(34)38-29(2,3)4)40-28(35)39-30(5,6)7/h8-14,17,21,26H,15-16,18-20H2,1-7H3. The summed E-state index contributed by atoms with van der Waals surface area (Å²) in [6, 6.07) is 15.2. The molecular formula is C30H41ClN2O7. The Morgan fingerprint density at radius 2 is 1.73 bits per heavy atom. The zero-order valence-electron chi connectivity index (χ0n) is 24.4. The van der Waals surface area contributed by atoms with Crippen molar-refractivity contribution >= 4 is 23.8 Å². The van der Waals surface area contributed by atoms with Gasteiger partial charge in [0.25, 0.3) is 0 Å². The molecule has 40 heavy (non-hydrogen) atoms. The molecule has 0 aliphatic carbocycles. The van der Waals surface area contributed by atoms with Crippen LogP contribution in [0.15, 0.2) is 48.5 Å². The summed E-state index contributed by atoms with van der Waals surface area (Å²) >= 11 is 6.16. The van der Waals surface area contributed by atoms with E-state index in [-0.39, 0.29) is 18.7 Å². The number of morpholine rings is 1. The number of hydrogen-bond acceptors (Lipinski definition) is 8. The first-order valence-electron chi connectivity index (χ1n) is 13.4. The first kappa shape index (κ1) is 31.5. The second kappa shape index (κ2) is 13.6. The maximum Gasteiger partial charge on any atom is 0.534 e. The quantitative estimate of drug-likeness (QED) is 0.263. The first-order valence-corrected chi connectivity index (χ1v) is 13.8. The number of benzene rings is 2. The largest absolute Gasteiger partial charge is 0.534 e. The van der Waals surface area contributed by atoms with Gasteiger partial charge in [-0.15, -0.1) is 5.06 Å². The number of rotatable bonds is 7. The molecular weight excluding hydrogens is 536 g/mol. The van der Waals surface area contributed by atoms with Crippen molar-refractivity contribution < 1.29 is 33.4 Å². The minimum Gasteiger partial charge on any atom is -0.492 e. The smallest absolute Gasteiger partial charge is 0.492 e. The molecule has 2 aromatic carbocycles. The summed E-state index contributed by atoms with van der Waals surface area (Å²) < 4.78 is 22.6. The SMILES string of the molecule is CC(COc1ccc(CN(OC(=O)OC(C)(C)C)C(=O)OC(C)(C)C)cc1)N1CCOC(c2cccc(Cl)c2)C1. The zero-order chi connectivity index (χ0) is 29.5. The Morgan fingerprint density at radius 3 is 2.35 bits per heavy atom. The third-order valence-electron chi connectivity index (χ3n) is 5.85. The predicted octanol–water partition coefficient (Wildman–Crippen LogP) is 6.78. The van der Waals surface area contributed by atoms with E-state index >= 15 is 0 Å². The van der Waals surface area contributed by atoms with Gasteiger partial charge in [0.1, 0.15) is 23.6 Å². The van der Waals surface area contributed by atoms with Gasteiger partial charge in [0, 0.05) is 24.2 Å². The summed E-state index contributed by atoms with van der Waals surface area (Å²) in [6.45, 7) is 15.1. The molecule has 0 radical (unpaired) electrons. The monoisotopic (exact) mass is 576 g/mol. The Bertz CT molecular complexity index is 1130. The molecule has 0 spiro atoms. The van der Waals surface area contributed by atoms with Gasteiger partial charge in [-0.3, -0.25) is 9.74 Å². The van der Waals surface area contributed by atoms with Crippen molar-refractivity contribution in [2.45, 2.75) is 78.4 Å². The minimum atomic E-state index is -0.993. The molecule has 10 heteroatoms. The van der Waals surface area contributed by atoms with Crippen LogP contribution in [0.25, 0.3) is 0 Å². The molecule has 220 valence electrons. The van der Waals surface area contributed by atoms with E-state index in [1.54, 1.807) is 53.7 Å². The molecule has 1 aliphatic heterocycles. The molecule has 1 amide bonds. The molecule has 0 N–H and O–H groups in total. The maximum absolute atomic E-state index is 12.7. The highest BCUT2D eigenvalue weighted by Gasteiger charge is 2.29. The van der Waals surface area contributed by atoms with Gasteiger partial charge in [-0.1, -0.05) is 35.9 Å². The molecule has 9 nitrogen and oxygen atoms in total. The number of hydrogen-bond donors (Lipinski definition) is 0. The van der Waals surface area contributed by atoms with Crippen molar-refractivity contribution in [1.29, 1.82) is 0 Å². The Hall–Kier alpha value is -3.01. The lowest BCUT2D eigenvalue weighted by Crippen LogP contribution is -2.45. The normalized spacial score (nSPS) is 17.1. The Balaban J connectivity index is 1.57. The second-order valence-electron chi connectivity index (χ2n) is 11.8. The lowest BCUT2D eigenvalue weighted by Gasteiger charge is -2.37. The molecule has 0 saturated carbocycles. The van der Waals surface area contributed by atoms with Gasteiger partial charge >= 0.3 is 12.2 Å². The summed E-state index contributed by atoms with van der Waals surface area (Å²) in [5, 5.41) is 1.55. The van der Waals surface area contributed by atoms with Crippen LogP contribution in [0.5, 0.6) is 5.75 Å². The third-order valence-corrected chi connectivity index (χ3v) is 6.09. The van der Waals surface area contributed by atoms with Crippen molar-refractivity contribution in [3.8, 4) is 5.75 Å². The van der Waals surface area contributed by atoms with Gasteiger partial charge in [0.15, 0.2) is 0 Å². The zero-order valence-corrected chi connectivity index (χ0v) is 25.2. The number of carbonyl (C=O) groups excluding carboxylic acids is 2. The van der Waals surface area contributed by atoms with E-state index in [0.717, 1.165) is 23.7 Å². The molecule has 3 rings (SSSR count). The lowest BCUT2D eigenvalue weighted by molar-refractivity contribution is -0.140. The number of ether oxygens (including phenoxy) is 4. The highest BCUT2D eigenvalue weighted by atomic mass is 35.5. The number of nitrogens with zero attached hydrogens (tertiary/aromatic N) is 2. The van der Waals surface area contributed by atoms with Crippen LogP contribution < -0.4 is 4.74 Å². The van der Waals surface area contributed by atoms with Gasteiger partial charge in [-0.25, -0.2) is 9.59 Å². The van der Waals surface area contributed by atoms with Gasteiger partial charge in [-0.05, 0) is 83.9 Å².